The molecule has 1 amide bonds. The molecular weight excluding hydrogens is 394 g/mol. The van der Waals surface area contributed by atoms with Gasteiger partial charge >= 0.3 is 5.63 Å². The average molecular weight is 428 g/mol. The summed E-state index contributed by atoms with van der Waals surface area (Å²) >= 11 is 0. The molecule has 0 spiro atoms. The first-order valence-electron chi connectivity index (χ1n) is 11.6. The van der Waals surface area contributed by atoms with Crippen molar-refractivity contribution in [2.24, 2.45) is 5.92 Å². The van der Waals surface area contributed by atoms with E-state index in [4.69, 9.17) is 9.15 Å². The second-order valence-electron chi connectivity index (χ2n) is 9.32. The lowest BCUT2D eigenvalue weighted by Gasteiger charge is -2.47. The minimum atomic E-state index is -0.666. The summed E-state index contributed by atoms with van der Waals surface area (Å²) in [5.74, 6) is 0.669. The van der Waals surface area contributed by atoms with Gasteiger partial charge in [0.25, 0.3) is 5.91 Å². The number of likely N-dealkylation sites (tertiary alicyclic amines) is 1. The van der Waals surface area contributed by atoms with E-state index in [9.17, 15) is 14.7 Å². The van der Waals surface area contributed by atoms with Crippen molar-refractivity contribution in [2.45, 2.75) is 77.4 Å². The number of benzene rings is 1. The number of amides is 1. The zero-order chi connectivity index (χ0) is 22.2. The number of aryl methyl sites for hydroxylation is 2. The minimum absolute atomic E-state index is 0.0586. The topological polar surface area (TPSA) is 80.0 Å². The molecule has 2 aliphatic rings. The SMILES string of the molecule is CCCc1cc(=O)oc2cc(C)cc(O[C@H](C)C(=O)N3CC[C@@]4(O)CCCC[C@H]4C3)c12. The smallest absolute Gasteiger partial charge is 0.336 e. The number of hydrogen-bond donors (Lipinski definition) is 1. The molecular formula is C25H33NO5. The van der Waals surface area contributed by atoms with Crippen LogP contribution in [0.25, 0.3) is 11.0 Å². The van der Waals surface area contributed by atoms with Gasteiger partial charge in [0.05, 0.1) is 11.0 Å². The molecule has 2 fully saturated rings. The van der Waals surface area contributed by atoms with Crippen LogP contribution in [0.5, 0.6) is 5.75 Å². The van der Waals surface area contributed by atoms with Crippen LogP contribution in [0.3, 0.4) is 0 Å². The predicted octanol–water partition coefficient (Wildman–Crippen LogP) is 3.97. The average Bonchev–Trinajstić information content (AvgIpc) is 2.72. The van der Waals surface area contributed by atoms with Crippen LogP contribution in [0, 0.1) is 12.8 Å². The van der Waals surface area contributed by atoms with Crippen molar-refractivity contribution in [3.05, 3.63) is 39.7 Å². The van der Waals surface area contributed by atoms with E-state index in [0.717, 1.165) is 55.0 Å². The van der Waals surface area contributed by atoms with Crippen LogP contribution < -0.4 is 10.4 Å². The van der Waals surface area contributed by atoms with Crippen LogP contribution in [0.1, 0.15) is 63.5 Å². The second-order valence-corrected chi connectivity index (χ2v) is 9.32. The van der Waals surface area contributed by atoms with Gasteiger partial charge in [-0.2, -0.15) is 0 Å². The van der Waals surface area contributed by atoms with E-state index in [2.05, 4.69) is 6.92 Å². The number of fused-ring (bicyclic) bond motifs is 2. The highest BCUT2D eigenvalue weighted by Crippen LogP contribution is 2.40. The van der Waals surface area contributed by atoms with Crippen LogP contribution >= 0.6 is 0 Å². The molecule has 31 heavy (non-hydrogen) atoms. The Morgan fingerprint density at radius 3 is 2.90 bits per heavy atom. The van der Waals surface area contributed by atoms with Gasteiger partial charge < -0.3 is 19.2 Å². The number of rotatable bonds is 5. The standard InChI is InChI=1S/C25H33NO5/c1-4-7-18-14-22(27)31-21-13-16(2)12-20(23(18)21)30-17(3)24(28)26-11-10-25(29)9-6-5-8-19(25)15-26/h12-14,17,19,29H,4-11,15H2,1-3H3/t17-,19+,25+/m1/s1. The lowest BCUT2D eigenvalue weighted by molar-refractivity contribution is -0.149. The molecule has 1 N–H and O–H groups in total. The van der Waals surface area contributed by atoms with Crippen LogP contribution in [-0.4, -0.2) is 40.7 Å². The maximum absolute atomic E-state index is 13.2. The van der Waals surface area contributed by atoms with Crippen molar-refractivity contribution < 1.29 is 19.1 Å². The fraction of sp³-hybridized carbons (Fsp3) is 0.600. The fourth-order valence-electron chi connectivity index (χ4n) is 5.30. The molecule has 1 aromatic heterocycles. The van der Waals surface area contributed by atoms with Crippen LogP contribution in [0.15, 0.2) is 27.4 Å². The molecule has 0 bridgehead atoms. The Labute approximate surface area is 183 Å². The molecule has 1 saturated heterocycles. The maximum atomic E-state index is 13.2. The number of aliphatic hydroxyl groups is 1. The Hall–Kier alpha value is -2.34. The first-order chi connectivity index (χ1) is 14.8. The highest BCUT2D eigenvalue weighted by Gasteiger charge is 2.44. The van der Waals surface area contributed by atoms with Crippen molar-refractivity contribution in [1.29, 1.82) is 0 Å². The number of carbonyl (C=O) groups excluding carboxylic acids is 1. The fourth-order valence-corrected chi connectivity index (χ4v) is 5.30. The molecule has 6 nitrogen and oxygen atoms in total. The molecule has 168 valence electrons. The van der Waals surface area contributed by atoms with Crippen LogP contribution in [0.2, 0.25) is 0 Å². The normalized spacial score (nSPS) is 24.6. The number of hydrogen-bond acceptors (Lipinski definition) is 5. The zero-order valence-corrected chi connectivity index (χ0v) is 18.8. The summed E-state index contributed by atoms with van der Waals surface area (Å²) in [5, 5.41) is 11.7. The Kier molecular flexibility index (Phi) is 6.11. The van der Waals surface area contributed by atoms with Gasteiger partial charge in [-0.05, 0) is 62.8 Å². The molecule has 0 radical (unpaired) electrons. The summed E-state index contributed by atoms with van der Waals surface area (Å²) in [5.41, 5.74) is 1.30. The van der Waals surface area contributed by atoms with Crippen LogP contribution in [-0.2, 0) is 11.2 Å². The van der Waals surface area contributed by atoms with Gasteiger partial charge in [-0.15, -0.1) is 0 Å². The van der Waals surface area contributed by atoms with Gasteiger partial charge in [0.1, 0.15) is 11.3 Å². The minimum Gasteiger partial charge on any atom is -0.480 e. The van der Waals surface area contributed by atoms with Crippen molar-refractivity contribution in [3.63, 3.8) is 0 Å². The number of piperidine rings is 1. The Morgan fingerprint density at radius 1 is 1.32 bits per heavy atom. The number of carbonyl (C=O) groups is 1. The third kappa shape index (κ3) is 4.36. The molecule has 1 aliphatic carbocycles. The van der Waals surface area contributed by atoms with Gasteiger partial charge in [-0.25, -0.2) is 4.79 Å². The van der Waals surface area contributed by atoms with E-state index < -0.39 is 11.7 Å². The molecule has 4 rings (SSSR count). The third-order valence-corrected chi connectivity index (χ3v) is 6.94. The van der Waals surface area contributed by atoms with Gasteiger partial charge in [0, 0.05) is 25.1 Å². The predicted molar refractivity (Wildman–Crippen MR) is 119 cm³/mol. The van der Waals surface area contributed by atoms with E-state index in [1.807, 2.05) is 24.0 Å². The summed E-state index contributed by atoms with van der Waals surface area (Å²) in [7, 11) is 0. The van der Waals surface area contributed by atoms with Crippen LogP contribution in [0.4, 0.5) is 0 Å². The first kappa shape index (κ1) is 21.9. The molecule has 1 aliphatic heterocycles. The highest BCUT2D eigenvalue weighted by molar-refractivity contribution is 5.88. The summed E-state index contributed by atoms with van der Waals surface area (Å²) in [4.78, 5) is 27.1. The molecule has 6 heteroatoms. The molecule has 3 atom stereocenters. The van der Waals surface area contributed by atoms with E-state index in [-0.39, 0.29) is 17.5 Å². The molecule has 2 aromatic rings. The van der Waals surface area contributed by atoms with Gasteiger partial charge in [0.15, 0.2) is 6.10 Å². The summed E-state index contributed by atoms with van der Waals surface area (Å²) in [6.45, 7) is 6.90. The third-order valence-electron chi connectivity index (χ3n) is 6.94. The second kappa shape index (κ2) is 8.65. The lowest BCUT2D eigenvalue weighted by Crippen LogP contribution is -2.56. The Bertz CT molecular complexity index is 1030. The lowest BCUT2D eigenvalue weighted by atomic mass is 9.71. The van der Waals surface area contributed by atoms with E-state index >= 15 is 0 Å². The van der Waals surface area contributed by atoms with Crippen molar-refractivity contribution >= 4 is 16.9 Å². The summed E-state index contributed by atoms with van der Waals surface area (Å²) in [6.07, 6.45) is 5.58. The van der Waals surface area contributed by atoms with E-state index in [1.165, 1.54) is 6.07 Å². The zero-order valence-electron chi connectivity index (χ0n) is 18.8. The number of nitrogens with zero attached hydrogens (tertiary/aromatic N) is 1. The van der Waals surface area contributed by atoms with E-state index in [0.29, 0.717) is 30.8 Å². The van der Waals surface area contributed by atoms with Gasteiger partial charge in [-0.3, -0.25) is 4.79 Å². The molecule has 1 aromatic carbocycles. The molecule has 0 unspecified atom stereocenters. The van der Waals surface area contributed by atoms with Crippen molar-refractivity contribution in [1.82, 2.24) is 4.90 Å². The van der Waals surface area contributed by atoms with E-state index in [1.54, 1.807) is 6.92 Å². The Morgan fingerprint density at radius 2 is 2.13 bits per heavy atom. The summed E-state index contributed by atoms with van der Waals surface area (Å²) < 4.78 is 11.6. The van der Waals surface area contributed by atoms with Crippen molar-refractivity contribution in [3.8, 4) is 5.75 Å². The highest BCUT2D eigenvalue weighted by atomic mass is 16.5. The maximum Gasteiger partial charge on any atom is 0.336 e. The molecule has 2 heterocycles. The molecule has 1 saturated carbocycles. The largest absolute Gasteiger partial charge is 0.480 e. The first-order valence-corrected chi connectivity index (χ1v) is 11.6. The Balaban J connectivity index is 1.57. The quantitative estimate of drug-likeness (QED) is 0.730. The van der Waals surface area contributed by atoms with Gasteiger partial charge in [0.2, 0.25) is 0 Å². The monoisotopic (exact) mass is 427 g/mol. The summed E-state index contributed by atoms with van der Waals surface area (Å²) in [6, 6.07) is 5.26. The van der Waals surface area contributed by atoms with Gasteiger partial charge in [-0.1, -0.05) is 26.2 Å². The number of ether oxygens (including phenoxy) is 1. The van der Waals surface area contributed by atoms with Crippen molar-refractivity contribution in [2.75, 3.05) is 13.1 Å².